The minimum atomic E-state index is 0.644. The Morgan fingerprint density at radius 1 is 1.21 bits per heavy atom. The van der Waals surface area contributed by atoms with Gasteiger partial charge >= 0.3 is 0 Å². The van der Waals surface area contributed by atoms with E-state index >= 15 is 0 Å². The fourth-order valence-electron chi connectivity index (χ4n) is 2.75. The van der Waals surface area contributed by atoms with Gasteiger partial charge in [0.25, 0.3) is 0 Å². The molecule has 0 bridgehead atoms. The first kappa shape index (κ1) is 12.2. The molecule has 1 fully saturated rings. The number of aromatic amines is 1. The summed E-state index contributed by atoms with van der Waals surface area (Å²) in [6.45, 7) is 2.21. The maximum absolute atomic E-state index is 5.54. The van der Waals surface area contributed by atoms with Crippen LogP contribution < -0.4 is 10.1 Å². The summed E-state index contributed by atoms with van der Waals surface area (Å²) >= 11 is 0. The molecule has 4 heteroatoms. The fraction of sp³-hybridized carbons (Fsp3) is 0.400. The lowest BCUT2D eigenvalue weighted by Gasteiger charge is -2.23. The second-order valence-electron chi connectivity index (χ2n) is 4.95. The maximum Gasteiger partial charge on any atom is 0.128 e. The molecular formula is C15H19N3O. The number of rotatable bonds is 3. The van der Waals surface area contributed by atoms with Crippen LogP contribution in [0.15, 0.2) is 30.5 Å². The lowest BCUT2D eigenvalue weighted by atomic mass is 9.89. The van der Waals surface area contributed by atoms with Gasteiger partial charge in [-0.1, -0.05) is 6.07 Å². The highest BCUT2D eigenvalue weighted by Gasteiger charge is 2.17. The number of nitrogens with zero attached hydrogens (tertiary/aromatic N) is 1. The van der Waals surface area contributed by atoms with Crippen molar-refractivity contribution in [1.82, 2.24) is 15.5 Å². The highest BCUT2D eigenvalue weighted by atomic mass is 16.5. The van der Waals surface area contributed by atoms with Gasteiger partial charge in [0.2, 0.25) is 0 Å². The van der Waals surface area contributed by atoms with Gasteiger partial charge in [-0.15, -0.1) is 0 Å². The molecule has 3 rings (SSSR count). The van der Waals surface area contributed by atoms with Crippen molar-refractivity contribution in [2.45, 2.75) is 18.8 Å². The Kier molecular flexibility index (Phi) is 3.51. The average molecular weight is 257 g/mol. The van der Waals surface area contributed by atoms with Crippen molar-refractivity contribution in [3.8, 4) is 17.0 Å². The summed E-state index contributed by atoms with van der Waals surface area (Å²) < 4.78 is 5.54. The van der Waals surface area contributed by atoms with Crippen molar-refractivity contribution in [1.29, 1.82) is 0 Å². The second kappa shape index (κ2) is 5.45. The molecule has 0 atom stereocenters. The predicted octanol–water partition coefficient (Wildman–Crippen LogP) is 2.55. The van der Waals surface area contributed by atoms with Gasteiger partial charge in [-0.05, 0) is 55.6 Å². The van der Waals surface area contributed by atoms with Crippen LogP contribution in [0.2, 0.25) is 0 Å². The molecule has 1 aliphatic rings. The Balaban J connectivity index is 1.92. The zero-order valence-electron chi connectivity index (χ0n) is 11.1. The van der Waals surface area contributed by atoms with Crippen molar-refractivity contribution in [2.75, 3.05) is 20.2 Å². The molecule has 1 aliphatic heterocycles. The molecule has 0 aliphatic carbocycles. The molecule has 0 radical (unpaired) electrons. The van der Waals surface area contributed by atoms with Crippen LogP contribution >= 0.6 is 0 Å². The van der Waals surface area contributed by atoms with E-state index in [0.29, 0.717) is 5.92 Å². The zero-order valence-corrected chi connectivity index (χ0v) is 11.1. The predicted molar refractivity (Wildman–Crippen MR) is 75.4 cm³/mol. The van der Waals surface area contributed by atoms with Crippen molar-refractivity contribution in [2.24, 2.45) is 0 Å². The number of ether oxygens (including phenoxy) is 1. The molecule has 4 nitrogen and oxygen atoms in total. The van der Waals surface area contributed by atoms with E-state index in [1.54, 1.807) is 13.3 Å². The van der Waals surface area contributed by atoms with Crippen LogP contribution in [-0.4, -0.2) is 30.4 Å². The molecule has 0 amide bonds. The summed E-state index contributed by atoms with van der Waals surface area (Å²) in [6, 6.07) is 8.48. The van der Waals surface area contributed by atoms with Crippen molar-refractivity contribution < 1.29 is 4.74 Å². The van der Waals surface area contributed by atoms with Crippen molar-refractivity contribution in [3.05, 3.63) is 36.0 Å². The normalized spacial score (nSPS) is 16.5. The summed E-state index contributed by atoms with van der Waals surface area (Å²) in [7, 11) is 1.72. The maximum atomic E-state index is 5.54. The molecule has 0 unspecified atom stereocenters. The van der Waals surface area contributed by atoms with Gasteiger partial charge in [0.1, 0.15) is 5.75 Å². The molecule has 1 aromatic heterocycles. The van der Waals surface area contributed by atoms with Gasteiger partial charge in [-0.3, -0.25) is 5.10 Å². The number of piperidine rings is 1. The van der Waals surface area contributed by atoms with Crippen LogP contribution in [-0.2, 0) is 0 Å². The average Bonchev–Trinajstić information content (AvgIpc) is 3.01. The topological polar surface area (TPSA) is 49.9 Å². The van der Waals surface area contributed by atoms with Gasteiger partial charge in [0, 0.05) is 11.8 Å². The third-order valence-corrected chi connectivity index (χ3v) is 3.83. The number of H-pyrrole nitrogens is 1. The number of aromatic nitrogens is 2. The molecule has 19 heavy (non-hydrogen) atoms. The molecule has 1 saturated heterocycles. The minimum Gasteiger partial charge on any atom is -0.496 e. The molecule has 0 saturated carbocycles. The fourth-order valence-corrected chi connectivity index (χ4v) is 2.75. The molecule has 2 heterocycles. The monoisotopic (exact) mass is 257 g/mol. The van der Waals surface area contributed by atoms with Crippen LogP contribution in [0.3, 0.4) is 0 Å². The molecule has 1 aromatic carbocycles. The second-order valence-corrected chi connectivity index (χ2v) is 4.95. The van der Waals surface area contributed by atoms with E-state index in [4.69, 9.17) is 4.74 Å². The Morgan fingerprint density at radius 3 is 2.74 bits per heavy atom. The van der Waals surface area contributed by atoms with Crippen LogP contribution in [0, 0.1) is 0 Å². The first-order valence-corrected chi connectivity index (χ1v) is 6.77. The highest BCUT2D eigenvalue weighted by Crippen LogP contribution is 2.34. The van der Waals surface area contributed by atoms with E-state index in [1.165, 1.54) is 18.4 Å². The van der Waals surface area contributed by atoms with Crippen molar-refractivity contribution >= 4 is 0 Å². The summed E-state index contributed by atoms with van der Waals surface area (Å²) in [6.07, 6.45) is 4.16. The van der Waals surface area contributed by atoms with Gasteiger partial charge in [0.15, 0.2) is 0 Å². The van der Waals surface area contributed by atoms with E-state index in [0.717, 1.165) is 30.1 Å². The largest absolute Gasteiger partial charge is 0.496 e. The Labute approximate surface area is 113 Å². The van der Waals surface area contributed by atoms with E-state index < -0.39 is 0 Å². The SMILES string of the molecule is COc1cc(C2CCNCC2)ccc1-c1ccn[nH]1. The number of methoxy groups -OCH3 is 1. The number of nitrogens with one attached hydrogen (secondary N) is 2. The minimum absolute atomic E-state index is 0.644. The van der Waals surface area contributed by atoms with Gasteiger partial charge in [0.05, 0.1) is 12.8 Å². The summed E-state index contributed by atoms with van der Waals surface area (Å²) in [5.74, 6) is 1.56. The lowest BCUT2D eigenvalue weighted by Crippen LogP contribution is -2.26. The third kappa shape index (κ3) is 2.49. The Morgan fingerprint density at radius 2 is 2.05 bits per heavy atom. The quantitative estimate of drug-likeness (QED) is 0.888. The van der Waals surface area contributed by atoms with Crippen molar-refractivity contribution in [3.63, 3.8) is 0 Å². The summed E-state index contributed by atoms with van der Waals surface area (Å²) in [4.78, 5) is 0. The van der Waals surface area contributed by atoms with E-state index in [2.05, 4.69) is 33.7 Å². The summed E-state index contributed by atoms with van der Waals surface area (Å²) in [5, 5.41) is 10.4. The van der Waals surface area contributed by atoms with E-state index in [1.807, 2.05) is 6.07 Å². The molecule has 2 aromatic rings. The van der Waals surface area contributed by atoms with Gasteiger partial charge < -0.3 is 10.1 Å². The van der Waals surface area contributed by atoms with Crippen LogP contribution in [0.5, 0.6) is 5.75 Å². The van der Waals surface area contributed by atoms with Crippen LogP contribution in [0.4, 0.5) is 0 Å². The first-order valence-electron chi connectivity index (χ1n) is 6.77. The zero-order chi connectivity index (χ0) is 13.1. The van der Waals surface area contributed by atoms with Gasteiger partial charge in [-0.2, -0.15) is 5.10 Å². The molecule has 0 spiro atoms. The lowest BCUT2D eigenvalue weighted by molar-refractivity contribution is 0.412. The third-order valence-electron chi connectivity index (χ3n) is 3.83. The van der Waals surface area contributed by atoms with Crippen LogP contribution in [0.25, 0.3) is 11.3 Å². The number of hydrogen-bond donors (Lipinski definition) is 2. The molecule has 2 N–H and O–H groups in total. The van der Waals surface area contributed by atoms with Gasteiger partial charge in [-0.25, -0.2) is 0 Å². The summed E-state index contributed by atoms with van der Waals surface area (Å²) in [5.41, 5.74) is 3.44. The first-order chi connectivity index (χ1) is 9.38. The Hall–Kier alpha value is -1.81. The molecule has 100 valence electrons. The molecular weight excluding hydrogens is 238 g/mol. The van der Waals surface area contributed by atoms with E-state index in [-0.39, 0.29) is 0 Å². The smallest absolute Gasteiger partial charge is 0.128 e. The van der Waals surface area contributed by atoms with E-state index in [9.17, 15) is 0 Å². The number of benzene rings is 1. The standard InChI is InChI=1S/C15H19N3O/c1-19-15-10-12(11-4-7-16-8-5-11)2-3-13(15)14-6-9-17-18-14/h2-3,6,9-11,16H,4-5,7-8H2,1H3,(H,17,18). The Bertz CT molecular complexity index is 530. The number of hydrogen-bond acceptors (Lipinski definition) is 3. The highest BCUT2D eigenvalue weighted by molar-refractivity contribution is 5.67. The van der Waals surface area contributed by atoms with Crippen LogP contribution in [0.1, 0.15) is 24.3 Å².